The Morgan fingerprint density at radius 3 is 2.67 bits per heavy atom. The third-order valence-corrected chi connectivity index (χ3v) is 5.07. The third-order valence-electron chi connectivity index (χ3n) is 5.07. The number of halogens is 3. The van der Waals surface area contributed by atoms with Gasteiger partial charge in [0.15, 0.2) is 0 Å². The van der Waals surface area contributed by atoms with E-state index < -0.39 is 11.7 Å². The second kappa shape index (κ2) is 5.48. The van der Waals surface area contributed by atoms with Gasteiger partial charge in [0.25, 0.3) is 5.91 Å². The Morgan fingerprint density at radius 2 is 2.00 bits per heavy atom. The van der Waals surface area contributed by atoms with Crippen LogP contribution in [0.5, 0.6) is 0 Å². The van der Waals surface area contributed by atoms with Gasteiger partial charge in [-0.05, 0) is 48.2 Å². The Hall–Kier alpha value is -2.08. The van der Waals surface area contributed by atoms with Crippen molar-refractivity contribution in [3.63, 3.8) is 0 Å². The molecule has 4 rings (SSSR count). The molecule has 3 unspecified atom stereocenters. The number of hydrogen-bond donors (Lipinski definition) is 2. The maximum Gasteiger partial charge on any atom is 0.417 e. The second-order valence-corrected chi connectivity index (χ2v) is 6.60. The van der Waals surface area contributed by atoms with Gasteiger partial charge in [-0.15, -0.1) is 0 Å². The van der Waals surface area contributed by atoms with Crippen LogP contribution in [0.1, 0.15) is 35.2 Å². The Balaban J connectivity index is 1.63. The molecule has 2 fully saturated rings. The fourth-order valence-corrected chi connectivity index (χ4v) is 3.90. The van der Waals surface area contributed by atoms with Crippen molar-refractivity contribution in [3.8, 4) is 0 Å². The molecule has 0 aromatic heterocycles. The van der Waals surface area contributed by atoms with Crippen LogP contribution in [0.15, 0.2) is 36.4 Å². The van der Waals surface area contributed by atoms with Crippen molar-refractivity contribution in [1.82, 2.24) is 10.6 Å². The summed E-state index contributed by atoms with van der Waals surface area (Å²) in [5.41, 5.74) is -0.446. The molecule has 0 saturated carbocycles. The van der Waals surface area contributed by atoms with Crippen molar-refractivity contribution in [2.24, 2.45) is 0 Å². The number of benzene rings is 2. The lowest BCUT2D eigenvalue weighted by Gasteiger charge is -2.21. The first-order chi connectivity index (χ1) is 11.4. The lowest BCUT2D eigenvalue weighted by molar-refractivity contribution is -0.136. The number of fused-ring (bicyclic) bond motifs is 3. The highest BCUT2D eigenvalue weighted by molar-refractivity contribution is 5.99. The lowest BCUT2D eigenvalue weighted by atomic mass is 9.95. The van der Waals surface area contributed by atoms with E-state index >= 15 is 0 Å². The lowest BCUT2D eigenvalue weighted by Crippen LogP contribution is -2.42. The fraction of sp³-hybridized carbons (Fsp3) is 0.389. The molecule has 24 heavy (non-hydrogen) atoms. The summed E-state index contributed by atoms with van der Waals surface area (Å²) in [6.07, 6.45) is -1.39. The Morgan fingerprint density at radius 1 is 1.17 bits per heavy atom. The minimum atomic E-state index is -4.44. The highest BCUT2D eigenvalue weighted by Crippen LogP contribution is 2.35. The number of nitrogens with one attached hydrogen (secondary N) is 2. The fourth-order valence-electron chi connectivity index (χ4n) is 3.90. The Bertz CT molecular complexity index is 802. The molecule has 2 aromatic rings. The maximum atomic E-state index is 13.2. The van der Waals surface area contributed by atoms with Crippen molar-refractivity contribution in [1.29, 1.82) is 0 Å². The van der Waals surface area contributed by atoms with Gasteiger partial charge in [0.2, 0.25) is 0 Å². The summed E-state index contributed by atoms with van der Waals surface area (Å²) >= 11 is 0. The molecular formula is C18H17F3N2O. The molecule has 126 valence electrons. The first-order valence-corrected chi connectivity index (χ1v) is 8.09. The van der Waals surface area contributed by atoms with Crippen LogP contribution < -0.4 is 10.6 Å². The Labute approximate surface area is 137 Å². The highest BCUT2D eigenvalue weighted by Gasteiger charge is 2.39. The van der Waals surface area contributed by atoms with Crippen LogP contribution in [0.2, 0.25) is 0 Å². The van der Waals surface area contributed by atoms with Gasteiger partial charge < -0.3 is 10.6 Å². The molecule has 2 aliphatic heterocycles. The molecule has 2 aliphatic rings. The summed E-state index contributed by atoms with van der Waals surface area (Å²) in [7, 11) is 0. The van der Waals surface area contributed by atoms with Crippen LogP contribution >= 0.6 is 0 Å². The quantitative estimate of drug-likeness (QED) is 0.883. The molecular weight excluding hydrogens is 317 g/mol. The predicted octanol–water partition coefficient (Wildman–Crippen LogP) is 3.48. The Kier molecular flexibility index (Phi) is 3.53. The van der Waals surface area contributed by atoms with Crippen LogP contribution in [0, 0.1) is 0 Å². The topological polar surface area (TPSA) is 41.1 Å². The standard InChI is InChI=1S/C18H17F3N2O/c19-18(20,21)14-3-1-2-10-4-5-11(8-13(10)14)17(24)23-16-9-12-6-7-15(16)22-12/h1-5,8,12,15-16,22H,6-7,9H2,(H,23,24). The van der Waals surface area contributed by atoms with Crippen LogP contribution in [-0.2, 0) is 6.18 Å². The molecule has 3 atom stereocenters. The minimum Gasteiger partial charge on any atom is -0.348 e. The summed E-state index contributed by atoms with van der Waals surface area (Å²) in [5.74, 6) is -0.312. The van der Waals surface area contributed by atoms with E-state index in [4.69, 9.17) is 0 Å². The summed E-state index contributed by atoms with van der Waals surface area (Å²) in [6.45, 7) is 0. The van der Waals surface area contributed by atoms with Gasteiger partial charge >= 0.3 is 6.18 Å². The highest BCUT2D eigenvalue weighted by atomic mass is 19.4. The SMILES string of the molecule is O=C(NC1CC2CCC1N2)c1ccc2cccc(C(F)(F)F)c2c1. The van der Waals surface area contributed by atoms with Gasteiger partial charge in [-0.3, -0.25) is 4.79 Å². The number of alkyl halides is 3. The normalized spacial score (nSPS) is 26.0. The van der Waals surface area contributed by atoms with E-state index in [2.05, 4.69) is 10.6 Å². The van der Waals surface area contributed by atoms with E-state index in [0.717, 1.165) is 25.3 Å². The molecule has 0 aliphatic carbocycles. The molecule has 2 bridgehead atoms. The molecule has 2 saturated heterocycles. The van der Waals surface area contributed by atoms with E-state index in [0.29, 0.717) is 11.4 Å². The van der Waals surface area contributed by atoms with Crippen molar-refractivity contribution in [3.05, 3.63) is 47.5 Å². The van der Waals surface area contributed by atoms with E-state index in [1.807, 2.05) is 0 Å². The number of rotatable bonds is 2. The summed E-state index contributed by atoms with van der Waals surface area (Å²) < 4.78 is 39.5. The molecule has 0 radical (unpaired) electrons. The monoisotopic (exact) mass is 334 g/mol. The first kappa shape index (κ1) is 15.4. The second-order valence-electron chi connectivity index (χ2n) is 6.60. The van der Waals surface area contributed by atoms with Gasteiger partial charge in [-0.1, -0.05) is 18.2 Å². The van der Waals surface area contributed by atoms with Gasteiger partial charge in [0, 0.05) is 23.7 Å². The number of hydrogen-bond acceptors (Lipinski definition) is 2. The number of amides is 1. The van der Waals surface area contributed by atoms with Crippen molar-refractivity contribution in [2.45, 2.75) is 43.6 Å². The zero-order chi connectivity index (χ0) is 16.9. The van der Waals surface area contributed by atoms with E-state index in [-0.39, 0.29) is 28.9 Å². The van der Waals surface area contributed by atoms with Gasteiger partial charge in [0.05, 0.1) is 5.56 Å². The molecule has 1 amide bonds. The molecule has 2 heterocycles. The van der Waals surface area contributed by atoms with Crippen LogP contribution in [0.3, 0.4) is 0 Å². The average Bonchev–Trinajstić information content (AvgIpc) is 3.15. The third kappa shape index (κ3) is 2.65. The molecule has 3 nitrogen and oxygen atoms in total. The maximum absolute atomic E-state index is 13.2. The summed E-state index contributed by atoms with van der Waals surface area (Å²) in [4.78, 5) is 12.5. The number of carbonyl (C=O) groups excluding carboxylic acids is 1. The average molecular weight is 334 g/mol. The van der Waals surface area contributed by atoms with Crippen molar-refractivity contribution < 1.29 is 18.0 Å². The molecule has 2 aromatic carbocycles. The summed E-state index contributed by atoms with van der Waals surface area (Å²) in [5, 5.41) is 6.93. The van der Waals surface area contributed by atoms with Crippen LogP contribution in [0.25, 0.3) is 10.8 Å². The molecule has 2 N–H and O–H groups in total. The van der Waals surface area contributed by atoms with Gasteiger partial charge in [-0.25, -0.2) is 0 Å². The van der Waals surface area contributed by atoms with Gasteiger partial charge in [0.1, 0.15) is 0 Å². The first-order valence-electron chi connectivity index (χ1n) is 8.09. The zero-order valence-electron chi connectivity index (χ0n) is 12.9. The van der Waals surface area contributed by atoms with Crippen LogP contribution in [-0.4, -0.2) is 24.0 Å². The van der Waals surface area contributed by atoms with Gasteiger partial charge in [-0.2, -0.15) is 13.2 Å². The summed E-state index contributed by atoms with van der Waals surface area (Å²) in [6, 6.07) is 9.33. The largest absolute Gasteiger partial charge is 0.417 e. The molecule has 0 spiro atoms. The minimum absolute atomic E-state index is 0.0590. The number of carbonyl (C=O) groups is 1. The van der Waals surface area contributed by atoms with E-state index in [9.17, 15) is 18.0 Å². The zero-order valence-corrected chi connectivity index (χ0v) is 12.9. The van der Waals surface area contributed by atoms with E-state index in [1.165, 1.54) is 12.1 Å². The molecule has 6 heteroatoms. The van der Waals surface area contributed by atoms with Crippen molar-refractivity contribution in [2.75, 3.05) is 0 Å². The smallest absolute Gasteiger partial charge is 0.348 e. The predicted molar refractivity (Wildman–Crippen MR) is 84.8 cm³/mol. The van der Waals surface area contributed by atoms with E-state index in [1.54, 1.807) is 18.2 Å². The van der Waals surface area contributed by atoms with Crippen LogP contribution in [0.4, 0.5) is 13.2 Å². The van der Waals surface area contributed by atoms with Crippen molar-refractivity contribution >= 4 is 16.7 Å².